The fourth-order valence-corrected chi connectivity index (χ4v) is 10.1. The average molecular weight is 463 g/mol. The number of fused-ring (bicyclic) bond motifs is 1. The lowest BCUT2D eigenvalue weighted by Crippen LogP contribution is -2.55. The second kappa shape index (κ2) is 8.19. The van der Waals surface area contributed by atoms with Crippen LogP contribution in [-0.2, 0) is 0 Å². The molecule has 27 heavy (non-hydrogen) atoms. The molecular formula is C20H29BrF2O3Si. The Morgan fingerprint density at radius 1 is 1.11 bits per heavy atom. The third-order valence-electron chi connectivity index (χ3n) is 5.68. The molecule has 0 aliphatic carbocycles. The van der Waals surface area contributed by atoms with Crippen LogP contribution in [0.15, 0.2) is 18.2 Å². The second-order valence-electron chi connectivity index (χ2n) is 8.24. The summed E-state index contributed by atoms with van der Waals surface area (Å²) in [7, 11) is -2.19. The minimum Gasteiger partial charge on any atom is -0.543 e. The van der Waals surface area contributed by atoms with Gasteiger partial charge in [-0.25, -0.2) is 8.78 Å². The highest BCUT2D eigenvalue weighted by Crippen LogP contribution is 2.45. The zero-order valence-electron chi connectivity index (χ0n) is 16.8. The van der Waals surface area contributed by atoms with Gasteiger partial charge in [0.25, 0.3) is 8.32 Å². The fourth-order valence-electron chi connectivity index (χ4n) is 4.28. The van der Waals surface area contributed by atoms with Crippen LogP contribution in [0.25, 0.3) is 0 Å². The summed E-state index contributed by atoms with van der Waals surface area (Å²) in [6.45, 7) is 10.9. The lowest BCUT2D eigenvalue weighted by molar-refractivity contribution is 0.0103. The van der Waals surface area contributed by atoms with E-state index in [-0.39, 0.29) is 11.5 Å². The number of rotatable bonds is 7. The zero-order valence-corrected chi connectivity index (χ0v) is 19.4. The summed E-state index contributed by atoms with van der Waals surface area (Å²) in [5.74, 6) is 0.393. The van der Waals surface area contributed by atoms with Crippen LogP contribution in [0.1, 0.15) is 51.9 Å². The number of hydrogen-bond donors (Lipinski definition) is 0. The normalized spacial score (nSPS) is 19.4. The Hall–Kier alpha value is -0.953. The number of ketones is 1. The van der Waals surface area contributed by atoms with E-state index in [9.17, 15) is 13.6 Å². The van der Waals surface area contributed by atoms with E-state index in [2.05, 4.69) is 57.5 Å². The van der Waals surface area contributed by atoms with Gasteiger partial charge in [-0.05, 0) is 28.8 Å². The zero-order chi connectivity index (χ0) is 20.6. The van der Waals surface area contributed by atoms with Gasteiger partial charge in [-0.1, -0.05) is 57.5 Å². The van der Waals surface area contributed by atoms with Gasteiger partial charge >= 0.3 is 0 Å². The molecule has 1 aromatic carbocycles. The maximum Gasteiger partial charge on any atom is 0.258 e. The molecule has 0 spiro atoms. The summed E-state index contributed by atoms with van der Waals surface area (Å²) >= 11 is 3.11. The first-order chi connectivity index (χ1) is 12.6. The molecule has 0 saturated heterocycles. The predicted molar refractivity (Wildman–Crippen MR) is 110 cm³/mol. The standard InChI is InChI=1S/C20H29BrF2O3Si/c1-12(2)27(13(3)4,14(5)6)26-15-7-8-16-17(9-15)25-20(10-22,11-23)19(21)18(16)24/h7-9,12-14,19H,10-11H2,1-6H3. The quantitative estimate of drug-likeness (QED) is 0.354. The van der Waals surface area contributed by atoms with Crippen molar-refractivity contribution in [2.45, 2.75) is 68.6 Å². The Morgan fingerprint density at radius 2 is 1.63 bits per heavy atom. The van der Waals surface area contributed by atoms with Crippen molar-refractivity contribution in [2.75, 3.05) is 13.3 Å². The van der Waals surface area contributed by atoms with Crippen molar-refractivity contribution in [2.24, 2.45) is 0 Å². The number of ether oxygens (including phenoxy) is 1. The first kappa shape index (κ1) is 22.3. The highest BCUT2D eigenvalue weighted by atomic mass is 79.9. The van der Waals surface area contributed by atoms with Crippen molar-refractivity contribution >= 4 is 30.0 Å². The van der Waals surface area contributed by atoms with Gasteiger partial charge in [0, 0.05) is 6.07 Å². The average Bonchev–Trinajstić information content (AvgIpc) is 2.61. The number of benzene rings is 1. The van der Waals surface area contributed by atoms with Crippen molar-refractivity contribution in [1.82, 2.24) is 0 Å². The molecule has 3 nitrogen and oxygen atoms in total. The molecule has 0 aromatic heterocycles. The summed E-state index contributed by atoms with van der Waals surface area (Å²) in [6, 6.07) is 5.00. The molecule has 1 atom stereocenters. The Balaban J connectivity index is 2.48. The molecule has 1 unspecified atom stereocenters. The Kier molecular flexibility index (Phi) is 6.78. The van der Waals surface area contributed by atoms with Crippen LogP contribution in [0.5, 0.6) is 11.5 Å². The smallest absolute Gasteiger partial charge is 0.258 e. The molecule has 0 bridgehead atoms. The topological polar surface area (TPSA) is 35.5 Å². The Bertz CT molecular complexity index is 668. The SMILES string of the molecule is CC(C)[Si](Oc1ccc2c(c1)OC(CF)(CF)C(Br)C2=O)(C(C)C)C(C)C. The van der Waals surface area contributed by atoms with E-state index in [1.54, 1.807) is 18.2 Å². The minimum atomic E-state index is -2.19. The highest BCUT2D eigenvalue weighted by Gasteiger charge is 2.50. The highest BCUT2D eigenvalue weighted by molar-refractivity contribution is 9.10. The molecule has 1 aromatic rings. The fraction of sp³-hybridized carbons (Fsp3) is 0.650. The molecule has 0 fully saturated rings. The molecule has 7 heteroatoms. The number of carbonyl (C=O) groups excluding carboxylic acids is 1. The van der Waals surface area contributed by atoms with E-state index >= 15 is 0 Å². The maximum atomic E-state index is 13.6. The van der Waals surface area contributed by atoms with E-state index in [0.29, 0.717) is 27.9 Å². The van der Waals surface area contributed by atoms with E-state index in [0.717, 1.165) is 0 Å². The van der Waals surface area contributed by atoms with E-state index in [1.165, 1.54) is 0 Å². The molecule has 152 valence electrons. The Morgan fingerprint density at radius 3 is 2.07 bits per heavy atom. The van der Waals surface area contributed by atoms with E-state index in [1.807, 2.05) is 0 Å². The van der Waals surface area contributed by atoms with Crippen molar-refractivity contribution in [3.63, 3.8) is 0 Å². The predicted octanol–water partition coefficient (Wildman–Crippen LogP) is 6.26. The molecular weight excluding hydrogens is 434 g/mol. The number of carbonyl (C=O) groups is 1. The molecule has 0 amide bonds. The molecule has 2 rings (SSSR count). The van der Waals surface area contributed by atoms with Crippen molar-refractivity contribution < 1.29 is 22.7 Å². The lowest BCUT2D eigenvalue weighted by Gasteiger charge is -2.42. The van der Waals surface area contributed by atoms with Crippen LogP contribution in [0.4, 0.5) is 8.78 Å². The van der Waals surface area contributed by atoms with Gasteiger partial charge in [0.15, 0.2) is 11.4 Å². The van der Waals surface area contributed by atoms with Crippen LogP contribution in [0.2, 0.25) is 16.6 Å². The number of halogens is 3. The van der Waals surface area contributed by atoms with Crippen molar-refractivity contribution in [3.05, 3.63) is 23.8 Å². The van der Waals surface area contributed by atoms with E-state index in [4.69, 9.17) is 9.16 Å². The first-order valence-electron chi connectivity index (χ1n) is 9.38. The van der Waals surface area contributed by atoms with Gasteiger partial charge in [0.2, 0.25) is 0 Å². The van der Waals surface area contributed by atoms with E-state index < -0.39 is 32.1 Å². The lowest BCUT2D eigenvalue weighted by atomic mass is 9.91. The molecule has 1 aliphatic rings. The van der Waals surface area contributed by atoms with Crippen LogP contribution in [-0.4, -0.2) is 37.9 Å². The largest absolute Gasteiger partial charge is 0.543 e. The van der Waals surface area contributed by atoms with Crippen LogP contribution in [0.3, 0.4) is 0 Å². The second-order valence-corrected chi connectivity index (χ2v) is 14.5. The molecule has 0 N–H and O–H groups in total. The van der Waals surface area contributed by atoms with Gasteiger partial charge < -0.3 is 9.16 Å². The molecule has 0 saturated carbocycles. The summed E-state index contributed by atoms with van der Waals surface area (Å²) in [5, 5.41) is 0. The van der Waals surface area contributed by atoms with Crippen LogP contribution in [0, 0.1) is 0 Å². The summed E-state index contributed by atoms with van der Waals surface area (Å²) < 4.78 is 39.4. The number of Topliss-reactive ketones (excluding diaryl/α,β-unsaturated/α-hetero) is 1. The Labute approximate surface area is 170 Å². The molecule has 0 radical (unpaired) electrons. The minimum absolute atomic E-state index is 0.183. The first-order valence-corrected chi connectivity index (χ1v) is 12.4. The molecule has 1 heterocycles. The van der Waals surface area contributed by atoms with Gasteiger partial charge in [-0.3, -0.25) is 4.79 Å². The number of alkyl halides is 3. The number of hydrogen-bond acceptors (Lipinski definition) is 3. The maximum absolute atomic E-state index is 13.6. The van der Waals surface area contributed by atoms with Crippen molar-refractivity contribution in [1.29, 1.82) is 0 Å². The monoisotopic (exact) mass is 462 g/mol. The van der Waals surface area contributed by atoms with Crippen molar-refractivity contribution in [3.8, 4) is 11.5 Å². The third-order valence-corrected chi connectivity index (χ3v) is 12.9. The van der Waals surface area contributed by atoms with Crippen LogP contribution < -0.4 is 9.16 Å². The summed E-state index contributed by atoms with van der Waals surface area (Å²) in [5.41, 5.74) is -0.394. The van der Waals surface area contributed by atoms with Gasteiger partial charge in [0.1, 0.15) is 29.7 Å². The van der Waals surface area contributed by atoms with Crippen LogP contribution >= 0.6 is 15.9 Å². The van der Waals surface area contributed by atoms with Gasteiger partial charge in [-0.15, -0.1) is 0 Å². The summed E-state index contributed by atoms with van der Waals surface area (Å²) in [6.07, 6.45) is 0. The van der Waals surface area contributed by atoms with Gasteiger partial charge in [-0.2, -0.15) is 0 Å². The summed E-state index contributed by atoms with van der Waals surface area (Å²) in [4.78, 5) is 11.5. The van der Waals surface area contributed by atoms with Gasteiger partial charge in [0.05, 0.1) is 5.56 Å². The molecule has 1 aliphatic heterocycles. The third kappa shape index (κ3) is 3.69.